The molecular weight excluding hydrogens is 305 g/mol. The SMILES string of the molecule is Cc1cccc2c1N(C(=O)c1c(F)cccc1Cl)CCC2=O. The molecule has 0 radical (unpaired) electrons. The molecule has 2 aromatic rings. The monoisotopic (exact) mass is 317 g/mol. The van der Waals surface area contributed by atoms with Gasteiger partial charge in [0.1, 0.15) is 5.82 Å². The summed E-state index contributed by atoms with van der Waals surface area (Å²) in [5.74, 6) is -1.20. The molecule has 0 aromatic heterocycles. The van der Waals surface area contributed by atoms with Crippen LogP contribution in [-0.2, 0) is 0 Å². The Labute approximate surface area is 132 Å². The Kier molecular flexibility index (Phi) is 3.71. The molecule has 0 N–H and O–H groups in total. The number of para-hydroxylation sites is 1. The van der Waals surface area contributed by atoms with Crippen LogP contribution in [0.25, 0.3) is 0 Å². The molecule has 0 spiro atoms. The molecule has 5 heteroatoms. The third-order valence-corrected chi connectivity index (χ3v) is 4.11. The molecule has 0 bridgehead atoms. The summed E-state index contributed by atoms with van der Waals surface area (Å²) in [5, 5.41) is 0.0667. The second-order valence-corrected chi connectivity index (χ2v) is 5.60. The lowest BCUT2D eigenvalue weighted by Crippen LogP contribution is -2.38. The number of anilines is 1. The molecule has 1 heterocycles. The second-order valence-electron chi connectivity index (χ2n) is 5.20. The number of rotatable bonds is 1. The summed E-state index contributed by atoms with van der Waals surface area (Å²) in [6, 6.07) is 9.41. The van der Waals surface area contributed by atoms with E-state index in [0.29, 0.717) is 11.3 Å². The van der Waals surface area contributed by atoms with Crippen molar-refractivity contribution < 1.29 is 14.0 Å². The van der Waals surface area contributed by atoms with E-state index in [9.17, 15) is 14.0 Å². The lowest BCUT2D eigenvalue weighted by Gasteiger charge is -2.30. The molecule has 0 saturated heterocycles. The molecule has 1 aliphatic rings. The maximum atomic E-state index is 14.0. The molecule has 0 unspecified atom stereocenters. The molecule has 22 heavy (non-hydrogen) atoms. The fourth-order valence-corrected chi connectivity index (χ4v) is 2.99. The third-order valence-electron chi connectivity index (χ3n) is 3.79. The number of carbonyl (C=O) groups excluding carboxylic acids is 2. The number of Topliss-reactive ketones (excluding diaryl/α,β-unsaturated/α-hetero) is 1. The zero-order valence-electron chi connectivity index (χ0n) is 11.9. The van der Waals surface area contributed by atoms with Crippen LogP contribution in [0.1, 0.15) is 32.7 Å². The summed E-state index contributed by atoms with van der Waals surface area (Å²) in [6.07, 6.45) is 0.217. The minimum Gasteiger partial charge on any atom is -0.307 e. The molecule has 1 aliphatic heterocycles. The zero-order valence-corrected chi connectivity index (χ0v) is 12.7. The average molecular weight is 318 g/mol. The number of halogens is 2. The van der Waals surface area contributed by atoms with Crippen LogP contribution < -0.4 is 4.90 Å². The van der Waals surface area contributed by atoms with Gasteiger partial charge in [0.25, 0.3) is 5.91 Å². The first kappa shape index (κ1) is 14.7. The van der Waals surface area contributed by atoms with E-state index in [2.05, 4.69) is 0 Å². The first-order valence-corrected chi connectivity index (χ1v) is 7.27. The van der Waals surface area contributed by atoms with Gasteiger partial charge >= 0.3 is 0 Å². The first-order chi connectivity index (χ1) is 10.5. The van der Waals surface area contributed by atoms with Gasteiger partial charge in [0, 0.05) is 18.5 Å². The lowest BCUT2D eigenvalue weighted by atomic mass is 9.96. The van der Waals surface area contributed by atoms with Crippen molar-refractivity contribution in [2.45, 2.75) is 13.3 Å². The van der Waals surface area contributed by atoms with Crippen LogP contribution in [-0.4, -0.2) is 18.2 Å². The third kappa shape index (κ3) is 2.29. The maximum absolute atomic E-state index is 14.0. The van der Waals surface area contributed by atoms with Gasteiger partial charge in [-0.2, -0.15) is 0 Å². The van der Waals surface area contributed by atoms with Crippen molar-refractivity contribution in [1.29, 1.82) is 0 Å². The summed E-state index contributed by atoms with van der Waals surface area (Å²) in [5.41, 5.74) is 1.68. The van der Waals surface area contributed by atoms with Crippen molar-refractivity contribution in [2.24, 2.45) is 0 Å². The number of aryl methyl sites for hydroxylation is 1. The Morgan fingerprint density at radius 1 is 1.23 bits per heavy atom. The Morgan fingerprint density at radius 3 is 2.68 bits per heavy atom. The molecule has 112 valence electrons. The summed E-state index contributed by atoms with van der Waals surface area (Å²) in [6.45, 7) is 2.04. The minimum absolute atomic E-state index is 0.0117. The Bertz CT molecular complexity index is 768. The molecule has 0 fully saturated rings. The van der Waals surface area contributed by atoms with Crippen LogP contribution >= 0.6 is 11.6 Å². The van der Waals surface area contributed by atoms with Crippen molar-refractivity contribution in [1.82, 2.24) is 0 Å². The largest absolute Gasteiger partial charge is 0.307 e. The van der Waals surface area contributed by atoms with Crippen LogP contribution in [0.2, 0.25) is 5.02 Å². The van der Waals surface area contributed by atoms with Gasteiger partial charge in [-0.1, -0.05) is 29.8 Å². The van der Waals surface area contributed by atoms with Gasteiger partial charge in [0.15, 0.2) is 5.78 Å². The van der Waals surface area contributed by atoms with Gasteiger partial charge in [-0.3, -0.25) is 9.59 Å². The van der Waals surface area contributed by atoms with E-state index in [1.54, 1.807) is 12.1 Å². The van der Waals surface area contributed by atoms with Gasteiger partial charge in [0.05, 0.1) is 16.3 Å². The Morgan fingerprint density at radius 2 is 1.95 bits per heavy atom. The normalized spacial score (nSPS) is 14.0. The summed E-state index contributed by atoms with van der Waals surface area (Å²) in [7, 11) is 0. The molecule has 3 nitrogen and oxygen atoms in total. The minimum atomic E-state index is -0.662. The number of amides is 1. The fraction of sp³-hybridized carbons (Fsp3) is 0.176. The number of carbonyl (C=O) groups is 2. The summed E-state index contributed by atoms with van der Waals surface area (Å²) in [4.78, 5) is 26.2. The predicted molar refractivity (Wildman–Crippen MR) is 83.2 cm³/mol. The standard InChI is InChI=1S/C17H13ClFNO2/c1-10-4-2-5-11-14(21)8-9-20(16(10)11)17(22)15-12(18)6-3-7-13(15)19/h2-7H,8-9H2,1H3. The second kappa shape index (κ2) is 5.54. The van der Waals surface area contributed by atoms with E-state index in [1.165, 1.54) is 23.1 Å². The van der Waals surface area contributed by atoms with Crippen LogP contribution in [0.3, 0.4) is 0 Å². The number of ketones is 1. The van der Waals surface area contributed by atoms with E-state index in [-0.39, 0.29) is 29.3 Å². The number of fused-ring (bicyclic) bond motifs is 1. The van der Waals surface area contributed by atoms with E-state index < -0.39 is 11.7 Å². The zero-order chi connectivity index (χ0) is 15.9. The molecule has 3 rings (SSSR count). The first-order valence-electron chi connectivity index (χ1n) is 6.89. The van der Waals surface area contributed by atoms with E-state index in [1.807, 2.05) is 13.0 Å². The number of nitrogens with zero attached hydrogens (tertiary/aromatic N) is 1. The number of benzene rings is 2. The highest BCUT2D eigenvalue weighted by Crippen LogP contribution is 2.33. The van der Waals surface area contributed by atoms with E-state index >= 15 is 0 Å². The van der Waals surface area contributed by atoms with E-state index in [0.717, 1.165) is 5.56 Å². The summed E-state index contributed by atoms with van der Waals surface area (Å²) >= 11 is 5.98. The molecule has 0 saturated carbocycles. The van der Waals surface area contributed by atoms with Crippen LogP contribution in [0.15, 0.2) is 36.4 Å². The maximum Gasteiger partial charge on any atom is 0.262 e. The van der Waals surface area contributed by atoms with Crippen LogP contribution in [0.5, 0.6) is 0 Å². The highest BCUT2D eigenvalue weighted by Gasteiger charge is 2.31. The predicted octanol–water partition coefficient (Wildman–Crippen LogP) is 4.02. The molecule has 1 amide bonds. The Balaban J connectivity index is 2.13. The van der Waals surface area contributed by atoms with Crippen LogP contribution in [0, 0.1) is 12.7 Å². The summed E-state index contributed by atoms with van der Waals surface area (Å²) < 4.78 is 14.0. The Hall–Kier alpha value is -2.20. The topological polar surface area (TPSA) is 37.4 Å². The van der Waals surface area contributed by atoms with Crippen molar-refractivity contribution in [3.8, 4) is 0 Å². The highest BCUT2D eigenvalue weighted by molar-refractivity contribution is 6.34. The fourth-order valence-electron chi connectivity index (χ4n) is 2.74. The van der Waals surface area contributed by atoms with Crippen molar-refractivity contribution in [3.05, 3.63) is 63.9 Å². The lowest BCUT2D eigenvalue weighted by molar-refractivity contribution is 0.0953. The highest BCUT2D eigenvalue weighted by atomic mass is 35.5. The molecule has 2 aromatic carbocycles. The quantitative estimate of drug-likeness (QED) is 0.796. The van der Waals surface area contributed by atoms with Crippen LogP contribution in [0.4, 0.5) is 10.1 Å². The van der Waals surface area contributed by atoms with Gasteiger partial charge in [-0.05, 0) is 30.7 Å². The van der Waals surface area contributed by atoms with Gasteiger partial charge in [0.2, 0.25) is 0 Å². The van der Waals surface area contributed by atoms with Crippen molar-refractivity contribution in [2.75, 3.05) is 11.4 Å². The van der Waals surface area contributed by atoms with Crippen molar-refractivity contribution >= 4 is 29.0 Å². The molecular formula is C17H13ClFNO2. The van der Waals surface area contributed by atoms with E-state index in [4.69, 9.17) is 11.6 Å². The van der Waals surface area contributed by atoms with Gasteiger partial charge in [-0.15, -0.1) is 0 Å². The van der Waals surface area contributed by atoms with Crippen molar-refractivity contribution in [3.63, 3.8) is 0 Å². The average Bonchev–Trinajstić information content (AvgIpc) is 2.48. The molecule has 0 aliphatic carbocycles. The van der Waals surface area contributed by atoms with Gasteiger partial charge < -0.3 is 4.90 Å². The molecule has 0 atom stereocenters. The number of hydrogen-bond donors (Lipinski definition) is 0. The van der Waals surface area contributed by atoms with Gasteiger partial charge in [-0.25, -0.2) is 4.39 Å². The smallest absolute Gasteiger partial charge is 0.262 e. The number of hydrogen-bond acceptors (Lipinski definition) is 2.